The van der Waals surface area contributed by atoms with Crippen molar-refractivity contribution >= 4 is 5.97 Å². The Morgan fingerprint density at radius 1 is 1.15 bits per heavy atom. The van der Waals surface area contributed by atoms with Gasteiger partial charge in [0, 0.05) is 11.1 Å². The van der Waals surface area contributed by atoms with E-state index in [9.17, 15) is 4.79 Å². The minimum atomic E-state index is -0.453. The molecule has 0 saturated carbocycles. The van der Waals surface area contributed by atoms with Crippen molar-refractivity contribution in [3.05, 3.63) is 66.2 Å². The van der Waals surface area contributed by atoms with Crippen LogP contribution in [0.4, 0.5) is 0 Å². The Hall–Kier alpha value is -2.86. The van der Waals surface area contributed by atoms with Crippen molar-refractivity contribution in [2.45, 2.75) is 6.92 Å². The average molecular weight is 263 g/mol. The maximum absolute atomic E-state index is 11.6. The van der Waals surface area contributed by atoms with Crippen LogP contribution in [0.2, 0.25) is 0 Å². The number of benzene rings is 2. The fraction of sp³-hybridized carbons (Fsp3) is 0.0588. The van der Waals surface area contributed by atoms with Gasteiger partial charge in [0.15, 0.2) is 0 Å². The summed E-state index contributed by atoms with van der Waals surface area (Å²) >= 11 is 0. The van der Waals surface area contributed by atoms with E-state index in [0.717, 1.165) is 11.1 Å². The zero-order valence-electron chi connectivity index (χ0n) is 11.1. The fourth-order valence-corrected chi connectivity index (χ4v) is 1.71. The second-order valence-corrected chi connectivity index (χ2v) is 4.36. The third kappa shape index (κ3) is 2.93. The van der Waals surface area contributed by atoms with Crippen LogP contribution in [0.5, 0.6) is 5.75 Å². The molecule has 20 heavy (non-hydrogen) atoms. The number of carbonyl (C=O) groups is 1. The number of nitrogens with zero attached hydrogens (tertiary/aromatic N) is 1. The molecule has 0 fully saturated rings. The third-order valence-electron chi connectivity index (χ3n) is 2.76. The van der Waals surface area contributed by atoms with Gasteiger partial charge in [0.25, 0.3) is 0 Å². The molecular weight excluding hydrogens is 250 g/mol. The van der Waals surface area contributed by atoms with Crippen LogP contribution in [0.25, 0.3) is 11.1 Å². The van der Waals surface area contributed by atoms with Gasteiger partial charge in [-0.1, -0.05) is 36.9 Å². The first-order chi connectivity index (χ1) is 9.61. The number of para-hydroxylation sites is 1. The molecular formula is C17H13NO2. The molecule has 0 aliphatic carbocycles. The number of nitriles is 1. The molecule has 98 valence electrons. The molecule has 0 aliphatic rings. The van der Waals surface area contributed by atoms with Gasteiger partial charge in [0.2, 0.25) is 0 Å². The Bertz CT molecular complexity index is 694. The van der Waals surface area contributed by atoms with Crippen LogP contribution in [-0.2, 0) is 4.79 Å². The van der Waals surface area contributed by atoms with E-state index in [-0.39, 0.29) is 0 Å². The first-order valence-corrected chi connectivity index (χ1v) is 6.09. The zero-order chi connectivity index (χ0) is 14.5. The number of hydrogen-bond donors (Lipinski definition) is 0. The highest BCUT2D eigenvalue weighted by Gasteiger charge is 2.10. The molecule has 0 bridgehead atoms. The van der Waals surface area contributed by atoms with Gasteiger partial charge in [-0.15, -0.1) is 0 Å². The van der Waals surface area contributed by atoms with Gasteiger partial charge in [-0.2, -0.15) is 5.26 Å². The summed E-state index contributed by atoms with van der Waals surface area (Å²) in [5.74, 6) is 0.0244. The van der Waals surface area contributed by atoms with Crippen molar-refractivity contribution in [3.63, 3.8) is 0 Å². The first-order valence-electron chi connectivity index (χ1n) is 6.09. The molecule has 0 heterocycles. The normalized spacial score (nSPS) is 9.60. The van der Waals surface area contributed by atoms with E-state index in [1.54, 1.807) is 31.2 Å². The van der Waals surface area contributed by atoms with Crippen LogP contribution in [0.1, 0.15) is 12.5 Å². The van der Waals surface area contributed by atoms with Gasteiger partial charge in [-0.25, -0.2) is 4.79 Å². The second-order valence-electron chi connectivity index (χ2n) is 4.36. The molecule has 0 aliphatic heterocycles. The van der Waals surface area contributed by atoms with E-state index in [1.807, 2.05) is 24.3 Å². The monoisotopic (exact) mass is 263 g/mol. The lowest BCUT2D eigenvalue weighted by Crippen LogP contribution is -2.08. The molecule has 0 aromatic heterocycles. The van der Waals surface area contributed by atoms with Gasteiger partial charge in [-0.3, -0.25) is 0 Å². The van der Waals surface area contributed by atoms with E-state index in [0.29, 0.717) is 16.9 Å². The standard InChI is InChI=1S/C17H13NO2/c1-12(2)17(19)20-16-6-4-3-5-15(16)14-9-7-13(11-18)8-10-14/h3-10H,1H2,2H3. The summed E-state index contributed by atoms with van der Waals surface area (Å²) in [6.45, 7) is 5.17. The lowest BCUT2D eigenvalue weighted by atomic mass is 10.0. The quantitative estimate of drug-likeness (QED) is 0.482. The van der Waals surface area contributed by atoms with Crippen molar-refractivity contribution < 1.29 is 9.53 Å². The summed E-state index contributed by atoms with van der Waals surface area (Å²) in [6.07, 6.45) is 0. The molecule has 3 heteroatoms. The first kappa shape index (κ1) is 13.6. The van der Waals surface area contributed by atoms with Gasteiger partial charge < -0.3 is 4.74 Å². The molecule has 0 atom stereocenters. The molecule has 0 spiro atoms. The summed E-state index contributed by atoms with van der Waals surface area (Å²) in [4.78, 5) is 11.6. The van der Waals surface area contributed by atoms with Gasteiger partial charge >= 0.3 is 5.97 Å². The van der Waals surface area contributed by atoms with E-state index in [1.165, 1.54) is 0 Å². The molecule has 0 radical (unpaired) electrons. The van der Waals surface area contributed by atoms with Crippen LogP contribution >= 0.6 is 0 Å². The molecule has 0 saturated heterocycles. The third-order valence-corrected chi connectivity index (χ3v) is 2.76. The van der Waals surface area contributed by atoms with Gasteiger partial charge in [0.05, 0.1) is 11.6 Å². The highest BCUT2D eigenvalue weighted by molar-refractivity contribution is 5.90. The molecule has 0 N–H and O–H groups in total. The van der Waals surface area contributed by atoms with Crippen LogP contribution in [0, 0.1) is 11.3 Å². The number of esters is 1. The molecule has 0 unspecified atom stereocenters. The SMILES string of the molecule is C=C(C)C(=O)Oc1ccccc1-c1ccc(C#N)cc1. The van der Waals surface area contributed by atoms with E-state index in [2.05, 4.69) is 12.6 Å². The summed E-state index contributed by atoms with van der Waals surface area (Å²) < 4.78 is 5.31. The maximum Gasteiger partial charge on any atom is 0.338 e. The van der Waals surface area contributed by atoms with Crippen molar-refractivity contribution in [2.24, 2.45) is 0 Å². The molecule has 3 nitrogen and oxygen atoms in total. The summed E-state index contributed by atoms with van der Waals surface area (Å²) in [7, 11) is 0. The predicted octanol–water partition coefficient (Wildman–Crippen LogP) is 3.71. The Labute approximate surface area is 117 Å². The highest BCUT2D eigenvalue weighted by atomic mass is 16.5. The van der Waals surface area contributed by atoms with Crippen LogP contribution in [0.3, 0.4) is 0 Å². The number of hydrogen-bond acceptors (Lipinski definition) is 3. The van der Waals surface area contributed by atoms with Crippen molar-refractivity contribution in [1.29, 1.82) is 5.26 Å². The van der Waals surface area contributed by atoms with E-state index < -0.39 is 5.97 Å². The van der Waals surface area contributed by atoms with Crippen molar-refractivity contribution in [3.8, 4) is 22.9 Å². The zero-order valence-corrected chi connectivity index (χ0v) is 11.1. The lowest BCUT2D eigenvalue weighted by molar-refractivity contribution is -0.130. The fourth-order valence-electron chi connectivity index (χ4n) is 1.71. The Kier molecular flexibility index (Phi) is 3.97. The maximum atomic E-state index is 11.6. The minimum Gasteiger partial charge on any atom is -0.423 e. The van der Waals surface area contributed by atoms with Crippen LogP contribution in [0.15, 0.2) is 60.7 Å². The average Bonchev–Trinajstić information content (AvgIpc) is 2.48. The van der Waals surface area contributed by atoms with Crippen molar-refractivity contribution in [2.75, 3.05) is 0 Å². The number of rotatable bonds is 3. The lowest BCUT2D eigenvalue weighted by Gasteiger charge is -2.10. The van der Waals surface area contributed by atoms with Crippen LogP contribution in [-0.4, -0.2) is 5.97 Å². The van der Waals surface area contributed by atoms with Crippen LogP contribution < -0.4 is 4.74 Å². The molecule has 0 amide bonds. The molecule has 2 aromatic rings. The smallest absolute Gasteiger partial charge is 0.338 e. The molecule has 2 rings (SSSR count). The van der Waals surface area contributed by atoms with Gasteiger partial charge in [-0.05, 0) is 30.7 Å². The Balaban J connectivity index is 2.39. The number of carbonyl (C=O) groups excluding carboxylic acids is 1. The van der Waals surface area contributed by atoms with E-state index in [4.69, 9.17) is 10.00 Å². The van der Waals surface area contributed by atoms with Gasteiger partial charge in [0.1, 0.15) is 5.75 Å². The second kappa shape index (κ2) is 5.85. The predicted molar refractivity (Wildman–Crippen MR) is 77.0 cm³/mol. The number of ether oxygens (including phenoxy) is 1. The highest BCUT2D eigenvalue weighted by Crippen LogP contribution is 2.30. The topological polar surface area (TPSA) is 50.1 Å². The Morgan fingerprint density at radius 3 is 2.40 bits per heavy atom. The largest absolute Gasteiger partial charge is 0.423 e. The summed E-state index contributed by atoms with van der Waals surface area (Å²) in [5.41, 5.74) is 2.62. The Morgan fingerprint density at radius 2 is 1.80 bits per heavy atom. The van der Waals surface area contributed by atoms with E-state index >= 15 is 0 Å². The molecule has 2 aromatic carbocycles. The minimum absolute atomic E-state index is 0.347. The van der Waals surface area contributed by atoms with Crippen molar-refractivity contribution in [1.82, 2.24) is 0 Å². The summed E-state index contributed by atoms with van der Waals surface area (Å²) in [5, 5.41) is 8.80. The summed E-state index contributed by atoms with van der Waals surface area (Å²) in [6, 6.07) is 16.4.